The van der Waals surface area contributed by atoms with Crippen molar-refractivity contribution in [3.05, 3.63) is 29.2 Å². The van der Waals surface area contributed by atoms with Gasteiger partial charge >= 0.3 is 19.1 Å². The van der Waals surface area contributed by atoms with Gasteiger partial charge in [0, 0.05) is 18.6 Å². The molecule has 0 bridgehead atoms. The van der Waals surface area contributed by atoms with Crippen molar-refractivity contribution in [1.29, 1.82) is 0 Å². The highest BCUT2D eigenvalue weighted by Crippen LogP contribution is 2.06. The van der Waals surface area contributed by atoms with Crippen molar-refractivity contribution >= 4 is 13.3 Å². The van der Waals surface area contributed by atoms with E-state index in [2.05, 4.69) is 6.92 Å². The van der Waals surface area contributed by atoms with Crippen LogP contribution in [-0.2, 0) is 4.79 Å². The highest BCUT2D eigenvalue weighted by Gasteiger charge is 2.14. The number of ketones is 1. The molecule has 0 aliphatic heterocycles. The molecule has 1 heterocycles. The monoisotopic (exact) mass is 326 g/mol. The van der Waals surface area contributed by atoms with Gasteiger partial charge in [0.05, 0.1) is 19.4 Å². The molecule has 0 radical (unpaired) electrons. The molecule has 1 aromatic rings. The summed E-state index contributed by atoms with van der Waals surface area (Å²) in [4.78, 5) is 10.3. The Labute approximate surface area is 129 Å². The molecular weight excluding hydrogens is 303 g/mol. The molecule has 0 aliphatic rings. The van der Waals surface area contributed by atoms with Gasteiger partial charge in [-0.3, -0.25) is 17.7 Å². The average molecular weight is 326 g/mol. The summed E-state index contributed by atoms with van der Waals surface area (Å²) in [6.45, 7) is 10.7. The second-order valence-electron chi connectivity index (χ2n) is 5.29. The molecule has 0 saturated heterocycles. The Morgan fingerprint density at radius 2 is 1.50 bits per heavy atom. The number of carbonyl (C=O) groups is 1. The number of aryl methyl sites for hydroxylation is 3. The number of halogens is 4. The second kappa shape index (κ2) is 12.1. The maximum absolute atomic E-state index is 10.3. The summed E-state index contributed by atoms with van der Waals surface area (Å²) in [6, 6.07) is 4.04. The summed E-state index contributed by atoms with van der Waals surface area (Å²) < 4.78 is 34.3. The van der Waals surface area contributed by atoms with Gasteiger partial charge in [0.15, 0.2) is 0 Å². The first kappa shape index (κ1) is 25.5. The molecule has 0 atom stereocenters. The lowest BCUT2D eigenvalue weighted by atomic mass is 10.0. The Bertz CT molecular complexity index is 381. The number of carbonyl (C=O) groups excluding carboxylic acids is 1. The lowest BCUT2D eigenvalue weighted by Crippen LogP contribution is -3.00. The molecule has 1 rings (SSSR count). The highest BCUT2D eigenvalue weighted by molar-refractivity contribution is 6.33. The number of hydrogen-bond donors (Lipinski definition) is 1. The molecule has 8 heteroatoms. The summed E-state index contributed by atoms with van der Waals surface area (Å²) in [5.41, 5.74) is 0.433. The van der Waals surface area contributed by atoms with Crippen LogP contribution in [0, 0.1) is 20.8 Å². The van der Waals surface area contributed by atoms with E-state index in [4.69, 9.17) is 9.52 Å². The van der Waals surface area contributed by atoms with Gasteiger partial charge < -0.3 is 9.81 Å². The number of hydrogen-bond acceptors (Lipinski definition) is 2. The molecule has 22 heavy (non-hydrogen) atoms. The van der Waals surface area contributed by atoms with Crippen molar-refractivity contribution in [3.63, 3.8) is 0 Å². The van der Waals surface area contributed by atoms with Crippen molar-refractivity contribution in [2.24, 2.45) is 0 Å². The average Bonchev–Trinajstić information content (AvgIpc) is 2.09. The van der Waals surface area contributed by atoms with Crippen LogP contribution in [0.25, 0.3) is 0 Å². The quantitative estimate of drug-likeness (QED) is 0.503. The van der Waals surface area contributed by atoms with E-state index in [1.807, 2.05) is 26.0 Å². The lowest BCUT2D eigenvalue weighted by Gasteiger charge is -2.13. The number of aliphatic hydroxyl groups is 1. The van der Waals surface area contributed by atoms with Gasteiger partial charge in [0.2, 0.25) is 0 Å². The molecule has 0 spiro atoms. The first-order valence-corrected chi connectivity index (χ1v) is 6.35. The van der Waals surface area contributed by atoms with Crippen LogP contribution in [0.1, 0.15) is 44.3 Å². The summed E-state index contributed by atoms with van der Waals surface area (Å²) in [5, 5.41) is 8.97. The van der Waals surface area contributed by atoms with Crippen LogP contribution in [0.4, 0.5) is 12.9 Å². The van der Waals surface area contributed by atoms with Gasteiger partial charge in [-0.25, -0.2) is 4.42 Å². The van der Waals surface area contributed by atoms with E-state index < -0.39 is 13.1 Å². The third kappa shape index (κ3) is 23.6. The van der Waals surface area contributed by atoms with E-state index in [-0.39, 0.29) is 16.9 Å². The van der Waals surface area contributed by atoms with E-state index >= 15 is 0 Å². The molecular formula is C14H23BF4O3. The van der Waals surface area contributed by atoms with E-state index in [1.54, 1.807) is 13.8 Å². The topological polar surface area (TPSA) is 48.6 Å². The van der Waals surface area contributed by atoms with Crippen molar-refractivity contribution in [2.45, 2.75) is 53.6 Å². The Morgan fingerprint density at radius 3 is 1.64 bits per heavy atom. The van der Waals surface area contributed by atoms with E-state index in [9.17, 15) is 17.7 Å². The van der Waals surface area contributed by atoms with Crippen molar-refractivity contribution < 1.29 is 32.0 Å². The molecule has 0 saturated carbocycles. The van der Waals surface area contributed by atoms with Crippen LogP contribution in [0.15, 0.2) is 16.5 Å². The van der Waals surface area contributed by atoms with Crippen LogP contribution in [0.5, 0.6) is 0 Å². The van der Waals surface area contributed by atoms with E-state index in [0.717, 1.165) is 11.5 Å². The fourth-order valence-electron chi connectivity index (χ4n) is 1.60. The molecule has 0 fully saturated rings. The zero-order chi connectivity index (χ0) is 17.2. The van der Waals surface area contributed by atoms with Crippen LogP contribution in [0.3, 0.4) is 0 Å². The summed E-state index contributed by atoms with van der Waals surface area (Å²) in [5.74, 6) is 1.98. The van der Waals surface area contributed by atoms with Gasteiger partial charge in [-0.1, -0.05) is 0 Å². The summed E-state index contributed by atoms with van der Waals surface area (Å²) >= 11 is 0. The molecule has 0 unspecified atom stereocenters. The van der Waals surface area contributed by atoms with Gasteiger partial charge in [-0.05, 0) is 33.3 Å². The normalized spacial score (nSPS) is 9.36. The van der Waals surface area contributed by atoms with Gasteiger partial charge in [-0.15, -0.1) is 0 Å². The van der Waals surface area contributed by atoms with Gasteiger partial charge in [0.25, 0.3) is 0 Å². The standard InChI is InChI=1S/C8H11O.C6H12O2.BF3.FH/c1-6-4-7(2)9-8(3)5-6;1-5(7)4-6(2,3)8;2-1(3)4;/h4-5H,1-3H3;8H,4H2,1-3H3;;1H/q+1;;;/p-1. The molecule has 0 aromatic carbocycles. The molecule has 0 aliphatic carbocycles. The Kier molecular flexibility index (Phi) is 14.1. The molecule has 128 valence electrons. The fourth-order valence-corrected chi connectivity index (χ4v) is 1.60. The van der Waals surface area contributed by atoms with Crippen molar-refractivity contribution in [2.75, 3.05) is 0 Å². The molecule has 1 N–H and O–H groups in total. The highest BCUT2D eigenvalue weighted by atomic mass is 19.4. The third-order valence-corrected chi connectivity index (χ3v) is 1.87. The molecule has 0 amide bonds. The predicted octanol–water partition coefficient (Wildman–Crippen LogP) is 1.11. The maximum Gasteiger partial charge on any atom is 0.762 e. The van der Waals surface area contributed by atoms with Crippen molar-refractivity contribution in [3.8, 4) is 0 Å². The zero-order valence-corrected chi connectivity index (χ0v) is 13.7. The SMILES string of the molecule is CC(=O)CC(C)(C)O.Cc1cc(C)[o+]c(C)c1.FB(F)F.[F-]. The van der Waals surface area contributed by atoms with E-state index in [1.165, 1.54) is 12.5 Å². The second-order valence-corrected chi connectivity index (χ2v) is 5.29. The van der Waals surface area contributed by atoms with Crippen LogP contribution in [-0.4, -0.2) is 24.0 Å². The van der Waals surface area contributed by atoms with Gasteiger partial charge in [-0.2, -0.15) is 0 Å². The van der Waals surface area contributed by atoms with Crippen LogP contribution < -0.4 is 4.70 Å². The summed E-state index contributed by atoms with van der Waals surface area (Å²) in [6.07, 6.45) is 0.243. The third-order valence-electron chi connectivity index (χ3n) is 1.87. The van der Waals surface area contributed by atoms with Gasteiger partial charge in [0.1, 0.15) is 5.78 Å². The molecule has 1 aromatic heterocycles. The molecule has 3 nitrogen and oxygen atoms in total. The maximum atomic E-state index is 10.3. The minimum Gasteiger partial charge on any atom is -1.00 e. The first-order chi connectivity index (χ1) is 9.33. The Balaban J connectivity index is -0.000000258. The van der Waals surface area contributed by atoms with Crippen molar-refractivity contribution in [1.82, 2.24) is 0 Å². The predicted molar refractivity (Wildman–Crippen MR) is 78.0 cm³/mol. The zero-order valence-electron chi connectivity index (χ0n) is 13.7. The first-order valence-electron chi connectivity index (χ1n) is 6.35. The number of Topliss-reactive ketones (excluding diaryl/α,β-unsaturated/α-hetero) is 1. The van der Waals surface area contributed by atoms with Crippen LogP contribution >= 0.6 is 0 Å². The van der Waals surface area contributed by atoms with E-state index in [0.29, 0.717) is 0 Å². The minimum absolute atomic E-state index is 0. The largest absolute Gasteiger partial charge is 1.00 e. The minimum atomic E-state index is -3.67. The summed E-state index contributed by atoms with van der Waals surface area (Å²) in [7, 11) is -3.67. The Morgan fingerprint density at radius 1 is 1.18 bits per heavy atom. The lowest BCUT2D eigenvalue weighted by molar-refractivity contribution is -0.120. The number of rotatable bonds is 2. The smallest absolute Gasteiger partial charge is 0.762 e. The fraction of sp³-hybridized carbons (Fsp3) is 0.571. The van der Waals surface area contributed by atoms with Crippen LogP contribution in [0.2, 0.25) is 0 Å². The Hall–Kier alpha value is -1.44.